The lowest BCUT2D eigenvalue weighted by Crippen LogP contribution is -2.44. The first-order chi connectivity index (χ1) is 18.7. The highest BCUT2D eigenvalue weighted by Gasteiger charge is 2.20. The van der Waals surface area contributed by atoms with Crippen LogP contribution in [0, 0.1) is 5.41 Å². The Hall–Kier alpha value is -4.24. The number of aromatic nitrogens is 6. The second-order valence-corrected chi connectivity index (χ2v) is 11.7. The number of rotatable bonds is 6. The van der Waals surface area contributed by atoms with Crippen LogP contribution < -0.4 is 10.2 Å². The smallest absolute Gasteiger partial charge is 0.139 e. The van der Waals surface area contributed by atoms with Crippen LogP contribution in [0.1, 0.15) is 27.2 Å². The lowest BCUT2D eigenvalue weighted by molar-refractivity contribution is 0.313. The number of hydrogen-bond donors (Lipinski definition) is 3. The van der Waals surface area contributed by atoms with Gasteiger partial charge in [-0.15, -0.1) is 0 Å². The minimum atomic E-state index is 0.156. The minimum Gasteiger partial charge on any atom is -0.368 e. The molecular weight excluding hydrogens is 486 g/mol. The van der Waals surface area contributed by atoms with Crippen LogP contribution in [-0.4, -0.2) is 68.3 Å². The van der Waals surface area contributed by atoms with Gasteiger partial charge in [0.05, 0.1) is 28.8 Å². The molecule has 0 saturated carbocycles. The molecular formula is C30H35N9. The van der Waals surface area contributed by atoms with E-state index < -0.39 is 0 Å². The summed E-state index contributed by atoms with van der Waals surface area (Å²) in [6.45, 7) is 14.9. The predicted molar refractivity (Wildman–Crippen MR) is 159 cm³/mol. The van der Waals surface area contributed by atoms with Gasteiger partial charge in [-0.1, -0.05) is 27.4 Å². The average Bonchev–Trinajstić information content (AvgIpc) is 3.52. The van der Waals surface area contributed by atoms with E-state index in [9.17, 15) is 0 Å². The van der Waals surface area contributed by atoms with Crippen molar-refractivity contribution in [2.45, 2.75) is 27.2 Å². The van der Waals surface area contributed by atoms with Crippen molar-refractivity contribution < 1.29 is 0 Å². The Kier molecular flexibility index (Phi) is 6.31. The van der Waals surface area contributed by atoms with Gasteiger partial charge in [-0.25, -0.2) is 9.97 Å². The molecule has 6 heterocycles. The van der Waals surface area contributed by atoms with Crippen molar-refractivity contribution in [1.29, 1.82) is 0 Å². The van der Waals surface area contributed by atoms with Crippen molar-refractivity contribution in [2.75, 3.05) is 43.4 Å². The van der Waals surface area contributed by atoms with Gasteiger partial charge in [0.15, 0.2) is 0 Å². The fourth-order valence-electron chi connectivity index (χ4n) is 5.25. The molecule has 6 rings (SSSR count). The molecule has 1 saturated heterocycles. The van der Waals surface area contributed by atoms with Crippen LogP contribution in [0.4, 0.5) is 11.4 Å². The molecule has 0 bridgehead atoms. The third-order valence-corrected chi connectivity index (χ3v) is 7.11. The SMILES string of the molecule is C=C(CC(C)(C)C)Nc1cncc(-c2ccc3[nH]nc(-c4cc5c(N6CCN(C)CC6)ccnc5[nH]4)c3n2)c1. The van der Waals surface area contributed by atoms with Gasteiger partial charge < -0.3 is 20.1 Å². The zero-order valence-corrected chi connectivity index (χ0v) is 23.0. The molecule has 5 aromatic heterocycles. The van der Waals surface area contributed by atoms with Gasteiger partial charge in [0.1, 0.15) is 16.9 Å². The van der Waals surface area contributed by atoms with E-state index in [1.165, 1.54) is 5.69 Å². The molecule has 0 radical (unpaired) electrons. The molecule has 0 aromatic carbocycles. The highest BCUT2D eigenvalue weighted by molar-refractivity contribution is 5.97. The highest BCUT2D eigenvalue weighted by atomic mass is 15.2. The fraction of sp³-hybridized carbons (Fsp3) is 0.333. The molecule has 5 aromatic rings. The Labute approximate surface area is 228 Å². The number of hydrogen-bond acceptors (Lipinski definition) is 7. The van der Waals surface area contributed by atoms with Crippen molar-refractivity contribution in [3.63, 3.8) is 0 Å². The van der Waals surface area contributed by atoms with E-state index in [0.29, 0.717) is 0 Å². The number of nitrogens with one attached hydrogen (secondary N) is 3. The number of fused-ring (bicyclic) bond motifs is 2. The Bertz CT molecular complexity index is 1650. The molecule has 9 heteroatoms. The monoisotopic (exact) mass is 521 g/mol. The van der Waals surface area contributed by atoms with Gasteiger partial charge in [0, 0.05) is 60.9 Å². The van der Waals surface area contributed by atoms with E-state index in [2.05, 4.69) is 92.9 Å². The Balaban J connectivity index is 1.32. The van der Waals surface area contributed by atoms with E-state index in [0.717, 1.165) is 88.7 Å². The van der Waals surface area contributed by atoms with Crippen LogP contribution in [-0.2, 0) is 0 Å². The van der Waals surface area contributed by atoms with E-state index in [1.54, 1.807) is 0 Å². The molecule has 9 nitrogen and oxygen atoms in total. The maximum atomic E-state index is 5.01. The van der Waals surface area contributed by atoms with E-state index in [1.807, 2.05) is 30.7 Å². The number of allylic oxidation sites excluding steroid dienone is 1. The number of anilines is 2. The normalized spacial score (nSPS) is 14.8. The molecule has 0 unspecified atom stereocenters. The zero-order valence-electron chi connectivity index (χ0n) is 23.0. The molecule has 0 amide bonds. The molecule has 1 fully saturated rings. The van der Waals surface area contributed by atoms with Gasteiger partial charge in [0.25, 0.3) is 0 Å². The second-order valence-electron chi connectivity index (χ2n) is 11.7. The second kappa shape index (κ2) is 9.81. The van der Waals surface area contributed by atoms with Crippen LogP contribution >= 0.6 is 0 Å². The summed E-state index contributed by atoms with van der Waals surface area (Å²) in [5, 5.41) is 12.3. The molecule has 1 aliphatic rings. The summed E-state index contributed by atoms with van der Waals surface area (Å²) >= 11 is 0. The number of aromatic amines is 2. The first-order valence-corrected chi connectivity index (χ1v) is 13.4. The summed E-state index contributed by atoms with van der Waals surface area (Å²) in [6.07, 6.45) is 6.39. The topological polar surface area (TPSA) is 102 Å². The quantitative estimate of drug-likeness (QED) is 0.264. The van der Waals surface area contributed by atoms with Gasteiger partial charge >= 0.3 is 0 Å². The predicted octanol–water partition coefficient (Wildman–Crippen LogP) is 5.68. The molecule has 1 aliphatic heterocycles. The van der Waals surface area contributed by atoms with Crippen molar-refractivity contribution in [1.82, 2.24) is 35.0 Å². The maximum absolute atomic E-state index is 5.01. The van der Waals surface area contributed by atoms with Crippen molar-refractivity contribution in [3.8, 4) is 22.6 Å². The maximum Gasteiger partial charge on any atom is 0.139 e. The summed E-state index contributed by atoms with van der Waals surface area (Å²) in [6, 6.07) is 10.3. The third kappa shape index (κ3) is 5.22. The number of piperazine rings is 1. The molecule has 3 N–H and O–H groups in total. The summed E-state index contributed by atoms with van der Waals surface area (Å²) < 4.78 is 0. The van der Waals surface area contributed by atoms with Gasteiger partial charge in [-0.05, 0) is 49.2 Å². The van der Waals surface area contributed by atoms with Gasteiger partial charge in [-0.3, -0.25) is 10.1 Å². The summed E-state index contributed by atoms with van der Waals surface area (Å²) in [5.74, 6) is 0. The largest absolute Gasteiger partial charge is 0.368 e. The summed E-state index contributed by atoms with van der Waals surface area (Å²) in [4.78, 5) is 22.4. The van der Waals surface area contributed by atoms with E-state index in [4.69, 9.17) is 4.98 Å². The van der Waals surface area contributed by atoms with Crippen LogP contribution in [0.5, 0.6) is 0 Å². The average molecular weight is 522 g/mol. The Morgan fingerprint density at radius 2 is 1.90 bits per heavy atom. The molecule has 0 atom stereocenters. The van der Waals surface area contributed by atoms with Crippen LogP contribution in [0.2, 0.25) is 0 Å². The number of nitrogens with zero attached hydrogens (tertiary/aromatic N) is 6. The fourth-order valence-corrected chi connectivity index (χ4v) is 5.25. The third-order valence-electron chi connectivity index (χ3n) is 7.11. The van der Waals surface area contributed by atoms with Gasteiger partial charge in [0.2, 0.25) is 0 Å². The molecule has 39 heavy (non-hydrogen) atoms. The Morgan fingerprint density at radius 1 is 1.08 bits per heavy atom. The van der Waals surface area contributed by atoms with E-state index in [-0.39, 0.29) is 5.41 Å². The van der Waals surface area contributed by atoms with Crippen molar-refractivity contribution >= 4 is 33.4 Å². The zero-order chi connectivity index (χ0) is 27.1. The molecule has 0 aliphatic carbocycles. The van der Waals surface area contributed by atoms with Crippen LogP contribution in [0.3, 0.4) is 0 Å². The molecule has 0 spiro atoms. The first kappa shape index (κ1) is 25.1. The first-order valence-electron chi connectivity index (χ1n) is 13.4. The highest BCUT2D eigenvalue weighted by Crippen LogP contribution is 2.33. The van der Waals surface area contributed by atoms with Crippen LogP contribution in [0.25, 0.3) is 44.7 Å². The van der Waals surface area contributed by atoms with E-state index >= 15 is 0 Å². The van der Waals surface area contributed by atoms with Crippen LogP contribution in [0.15, 0.2) is 61.2 Å². The minimum absolute atomic E-state index is 0.156. The summed E-state index contributed by atoms with van der Waals surface area (Å²) in [5.41, 5.74) is 9.17. The standard InChI is InChI=1S/C30H35N9/c1-19(16-30(2,3)4)33-21-14-20(17-31-18-21)23-6-7-24-27(34-23)28(37-36-24)25-15-22-26(8-9-32-29(22)35-25)39-12-10-38(5)11-13-39/h6-9,14-15,17-18,33H,1,10-13,16H2,2-5H3,(H,32,35)(H,36,37). The number of pyridine rings is 3. The number of likely N-dealkylation sites (N-methyl/N-ethyl adjacent to an activating group) is 1. The van der Waals surface area contributed by atoms with Gasteiger partial charge in [-0.2, -0.15) is 5.10 Å². The number of H-pyrrole nitrogens is 2. The lowest BCUT2D eigenvalue weighted by Gasteiger charge is -2.34. The van der Waals surface area contributed by atoms with Crippen molar-refractivity contribution in [2.24, 2.45) is 5.41 Å². The lowest BCUT2D eigenvalue weighted by atomic mass is 9.91. The van der Waals surface area contributed by atoms with Crippen molar-refractivity contribution in [3.05, 3.63) is 61.2 Å². The summed E-state index contributed by atoms with van der Waals surface area (Å²) in [7, 11) is 2.17. The Morgan fingerprint density at radius 3 is 2.69 bits per heavy atom. The molecule has 200 valence electrons.